The van der Waals surface area contributed by atoms with Crippen molar-refractivity contribution in [2.75, 3.05) is 45.9 Å². The molecule has 0 N–H and O–H groups in total. The molecule has 142 valence electrons. The van der Waals surface area contributed by atoms with Crippen molar-refractivity contribution in [1.29, 1.82) is 0 Å². The second kappa shape index (κ2) is 7.25. The average Bonchev–Trinajstić information content (AvgIpc) is 3.01. The second-order valence-electron chi connectivity index (χ2n) is 5.91. The predicted octanol–water partition coefficient (Wildman–Crippen LogP) is 0.250. The highest BCUT2D eigenvalue weighted by Gasteiger charge is 2.33. The van der Waals surface area contributed by atoms with Crippen LogP contribution in [-0.4, -0.2) is 80.4 Å². The number of hydrogen-bond donors (Lipinski definition) is 0. The predicted molar refractivity (Wildman–Crippen MR) is 84.6 cm³/mol. The standard InChI is InChI=1S/C15H17F2N3O5S/c16-11-1-2-13(12(17)9-11)26(23,24)19-5-3-18(4-6-19)10-14(21)20-7-8-25-15(20)22/h1-2,9H,3-8,10H2. The highest BCUT2D eigenvalue weighted by molar-refractivity contribution is 7.89. The molecular weight excluding hydrogens is 372 g/mol. The molecule has 2 amide bonds. The van der Waals surface area contributed by atoms with Crippen LogP contribution in [0, 0.1) is 11.6 Å². The van der Waals surface area contributed by atoms with E-state index in [0.717, 1.165) is 21.3 Å². The Morgan fingerprint density at radius 3 is 2.38 bits per heavy atom. The van der Waals surface area contributed by atoms with E-state index in [1.54, 1.807) is 4.90 Å². The van der Waals surface area contributed by atoms with Gasteiger partial charge in [0.1, 0.15) is 23.1 Å². The van der Waals surface area contributed by atoms with Crippen molar-refractivity contribution in [3.63, 3.8) is 0 Å². The number of cyclic esters (lactones) is 1. The molecule has 0 aliphatic carbocycles. The first-order valence-electron chi connectivity index (χ1n) is 7.94. The van der Waals surface area contributed by atoms with E-state index in [1.165, 1.54) is 0 Å². The van der Waals surface area contributed by atoms with Crippen LogP contribution in [0.2, 0.25) is 0 Å². The molecule has 0 radical (unpaired) electrons. The number of sulfonamides is 1. The lowest BCUT2D eigenvalue weighted by Gasteiger charge is -2.33. The van der Waals surface area contributed by atoms with Gasteiger partial charge in [0.15, 0.2) is 0 Å². The third-order valence-corrected chi connectivity index (χ3v) is 6.20. The molecule has 11 heteroatoms. The third-order valence-electron chi connectivity index (χ3n) is 4.26. The van der Waals surface area contributed by atoms with E-state index in [9.17, 15) is 26.8 Å². The molecule has 0 unspecified atom stereocenters. The van der Waals surface area contributed by atoms with Gasteiger partial charge >= 0.3 is 6.09 Å². The van der Waals surface area contributed by atoms with Crippen LogP contribution in [-0.2, 0) is 19.6 Å². The fourth-order valence-corrected chi connectivity index (χ4v) is 4.32. The largest absolute Gasteiger partial charge is 0.447 e. The van der Waals surface area contributed by atoms with Gasteiger partial charge < -0.3 is 4.74 Å². The van der Waals surface area contributed by atoms with Crippen molar-refractivity contribution in [1.82, 2.24) is 14.1 Å². The van der Waals surface area contributed by atoms with Gasteiger partial charge in [-0.2, -0.15) is 4.31 Å². The van der Waals surface area contributed by atoms with Gasteiger partial charge in [-0.3, -0.25) is 9.69 Å². The maximum absolute atomic E-state index is 13.8. The Kier molecular flexibility index (Phi) is 5.21. The van der Waals surface area contributed by atoms with Crippen molar-refractivity contribution >= 4 is 22.0 Å². The molecule has 0 aromatic heterocycles. The fraction of sp³-hybridized carbons (Fsp3) is 0.467. The van der Waals surface area contributed by atoms with Gasteiger partial charge in [-0.1, -0.05) is 0 Å². The molecule has 26 heavy (non-hydrogen) atoms. The Hall–Kier alpha value is -2.11. The van der Waals surface area contributed by atoms with Crippen LogP contribution in [0.3, 0.4) is 0 Å². The highest BCUT2D eigenvalue weighted by atomic mass is 32.2. The molecule has 2 saturated heterocycles. The van der Waals surface area contributed by atoms with E-state index < -0.39 is 38.6 Å². The number of hydrogen-bond acceptors (Lipinski definition) is 6. The first-order chi connectivity index (χ1) is 12.3. The smallest absolute Gasteiger partial charge is 0.416 e. The van der Waals surface area contributed by atoms with Crippen molar-refractivity contribution in [2.45, 2.75) is 4.90 Å². The molecule has 1 aromatic carbocycles. The number of halogens is 2. The quantitative estimate of drug-likeness (QED) is 0.734. The van der Waals surface area contributed by atoms with Crippen molar-refractivity contribution in [3.05, 3.63) is 29.8 Å². The zero-order chi connectivity index (χ0) is 18.9. The number of imide groups is 1. The molecule has 0 bridgehead atoms. The summed E-state index contributed by atoms with van der Waals surface area (Å²) in [7, 11) is -4.09. The topological polar surface area (TPSA) is 87.2 Å². The van der Waals surface area contributed by atoms with Crippen molar-refractivity contribution in [2.24, 2.45) is 0 Å². The summed E-state index contributed by atoms with van der Waals surface area (Å²) in [6, 6.07) is 2.31. The summed E-state index contributed by atoms with van der Waals surface area (Å²) < 4.78 is 57.6. The fourth-order valence-electron chi connectivity index (χ4n) is 2.85. The summed E-state index contributed by atoms with van der Waals surface area (Å²) in [4.78, 5) is 25.6. The molecule has 8 nitrogen and oxygen atoms in total. The number of nitrogens with zero attached hydrogens (tertiary/aromatic N) is 3. The lowest BCUT2D eigenvalue weighted by atomic mass is 10.3. The van der Waals surface area contributed by atoms with E-state index in [4.69, 9.17) is 4.74 Å². The molecule has 2 aliphatic heterocycles. The zero-order valence-electron chi connectivity index (χ0n) is 13.7. The van der Waals surface area contributed by atoms with Crippen LogP contribution in [0.25, 0.3) is 0 Å². The molecular formula is C15H17F2N3O5S. The average molecular weight is 389 g/mol. The van der Waals surface area contributed by atoms with Crippen LogP contribution < -0.4 is 0 Å². The Bertz CT molecular complexity index is 825. The first kappa shape index (κ1) is 18.7. The van der Waals surface area contributed by atoms with Gasteiger partial charge in [0.2, 0.25) is 15.9 Å². The van der Waals surface area contributed by atoms with Gasteiger partial charge in [0.05, 0.1) is 13.1 Å². The first-order valence-corrected chi connectivity index (χ1v) is 9.38. The lowest BCUT2D eigenvalue weighted by molar-refractivity contribution is -0.129. The number of piperazine rings is 1. The summed E-state index contributed by atoms with van der Waals surface area (Å²) in [6.07, 6.45) is -0.678. The number of carbonyl (C=O) groups is 2. The van der Waals surface area contributed by atoms with Crippen LogP contribution in [0.5, 0.6) is 0 Å². The third kappa shape index (κ3) is 3.69. The van der Waals surface area contributed by atoms with Crippen LogP contribution >= 0.6 is 0 Å². The molecule has 0 saturated carbocycles. The van der Waals surface area contributed by atoms with E-state index in [2.05, 4.69) is 0 Å². The van der Waals surface area contributed by atoms with E-state index >= 15 is 0 Å². The van der Waals surface area contributed by atoms with E-state index in [1.807, 2.05) is 0 Å². The monoisotopic (exact) mass is 389 g/mol. The van der Waals surface area contributed by atoms with E-state index in [0.29, 0.717) is 6.07 Å². The Labute approximate surface area is 149 Å². The maximum atomic E-state index is 13.8. The van der Waals surface area contributed by atoms with Crippen molar-refractivity contribution < 1.29 is 31.5 Å². The molecule has 3 rings (SSSR count). The summed E-state index contributed by atoms with van der Waals surface area (Å²) in [6.45, 7) is 0.935. The summed E-state index contributed by atoms with van der Waals surface area (Å²) >= 11 is 0. The van der Waals surface area contributed by atoms with Gasteiger partial charge in [0, 0.05) is 32.2 Å². The maximum Gasteiger partial charge on any atom is 0.416 e. The van der Waals surface area contributed by atoms with Gasteiger partial charge in [-0.25, -0.2) is 26.9 Å². The van der Waals surface area contributed by atoms with Crippen LogP contribution in [0.4, 0.5) is 13.6 Å². The molecule has 0 spiro atoms. The summed E-state index contributed by atoms with van der Waals surface area (Å²) in [5.41, 5.74) is 0. The van der Waals surface area contributed by atoms with E-state index in [-0.39, 0.29) is 45.9 Å². The Morgan fingerprint density at radius 1 is 1.12 bits per heavy atom. The normalized spacial score (nSPS) is 19.6. The summed E-state index contributed by atoms with van der Waals surface area (Å²) in [5, 5.41) is 0. The molecule has 2 heterocycles. The number of ether oxygens (including phenoxy) is 1. The highest BCUT2D eigenvalue weighted by Crippen LogP contribution is 2.21. The zero-order valence-corrected chi connectivity index (χ0v) is 14.5. The molecule has 2 fully saturated rings. The van der Waals surface area contributed by atoms with Crippen LogP contribution in [0.15, 0.2) is 23.1 Å². The van der Waals surface area contributed by atoms with Gasteiger partial charge in [-0.15, -0.1) is 0 Å². The lowest BCUT2D eigenvalue weighted by Crippen LogP contribution is -2.51. The minimum atomic E-state index is -4.09. The van der Waals surface area contributed by atoms with Gasteiger partial charge in [-0.05, 0) is 12.1 Å². The number of carbonyl (C=O) groups excluding carboxylic acids is 2. The molecule has 1 aromatic rings. The minimum Gasteiger partial charge on any atom is -0.447 e. The summed E-state index contributed by atoms with van der Waals surface area (Å²) in [5.74, 6) is -2.41. The Morgan fingerprint density at radius 2 is 1.81 bits per heavy atom. The van der Waals surface area contributed by atoms with Crippen molar-refractivity contribution in [3.8, 4) is 0 Å². The molecule has 0 atom stereocenters. The number of benzene rings is 1. The minimum absolute atomic E-state index is 0.0338. The SMILES string of the molecule is O=C(CN1CCN(S(=O)(=O)c2ccc(F)cc2F)CC1)N1CCOC1=O. The Balaban J connectivity index is 1.61. The van der Waals surface area contributed by atoms with Gasteiger partial charge in [0.25, 0.3) is 0 Å². The number of rotatable bonds is 4. The molecule has 2 aliphatic rings. The number of amides is 2. The second-order valence-corrected chi connectivity index (χ2v) is 7.82. The van der Waals surface area contributed by atoms with Crippen LogP contribution in [0.1, 0.15) is 0 Å².